The number of carbonyl (C=O) groups is 1. The molecule has 0 aliphatic carbocycles. The summed E-state index contributed by atoms with van der Waals surface area (Å²) in [7, 11) is 0. The van der Waals surface area contributed by atoms with Crippen molar-refractivity contribution in [2.45, 2.75) is 38.7 Å². The fraction of sp³-hybridized carbons (Fsp3) is 0.526. The molecule has 5 nitrogen and oxygen atoms in total. The summed E-state index contributed by atoms with van der Waals surface area (Å²) in [6, 6.07) is 7.21. The summed E-state index contributed by atoms with van der Waals surface area (Å²) in [4.78, 5) is 14.4. The van der Waals surface area contributed by atoms with Crippen LogP contribution in [-0.2, 0) is 4.74 Å². The number of likely N-dealkylation sites (tertiary alicyclic amines) is 1. The molecule has 1 aromatic carbocycles. The predicted molar refractivity (Wildman–Crippen MR) is 95.2 cm³/mol. The first-order valence-corrected chi connectivity index (χ1v) is 8.57. The molecule has 2 amide bonds. The topological polar surface area (TPSA) is 50.8 Å². The molecule has 0 bridgehead atoms. The van der Waals surface area contributed by atoms with Crippen molar-refractivity contribution in [1.29, 1.82) is 0 Å². The van der Waals surface area contributed by atoms with Crippen LogP contribution in [0.3, 0.4) is 0 Å². The van der Waals surface area contributed by atoms with E-state index in [4.69, 9.17) is 15.9 Å². The molecule has 1 N–H and O–H groups in total. The van der Waals surface area contributed by atoms with Gasteiger partial charge in [-0.25, -0.2) is 4.79 Å². The van der Waals surface area contributed by atoms with E-state index in [0.717, 1.165) is 38.8 Å². The van der Waals surface area contributed by atoms with Crippen molar-refractivity contribution in [1.82, 2.24) is 4.90 Å². The van der Waals surface area contributed by atoms with E-state index < -0.39 is 0 Å². The molecule has 1 heterocycles. The number of hydrogen-bond donors (Lipinski definition) is 1. The molecule has 0 spiro atoms. The van der Waals surface area contributed by atoms with Gasteiger partial charge in [0.2, 0.25) is 0 Å². The van der Waals surface area contributed by atoms with Gasteiger partial charge >= 0.3 is 6.03 Å². The van der Waals surface area contributed by atoms with E-state index in [0.29, 0.717) is 18.0 Å². The molecule has 1 aliphatic heterocycles. The Kier molecular flexibility index (Phi) is 7.44. The van der Waals surface area contributed by atoms with Gasteiger partial charge in [-0.3, -0.25) is 0 Å². The molecule has 0 radical (unpaired) electrons. The van der Waals surface area contributed by atoms with Gasteiger partial charge in [-0.2, -0.15) is 0 Å². The van der Waals surface area contributed by atoms with E-state index in [1.807, 2.05) is 23.1 Å². The Hall–Kier alpha value is -2.19. The summed E-state index contributed by atoms with van der Waals surface area (Å²) in [6.45, 7) is 4.51. The summed E-state index contributed by atoms with van der Waals surface area (Å²) in [5.74, 6) is 3.02. The van der Waals surface area contributed by atoms with Crippen LogP contribution >= 0.6 is 0 Å². The summed E-state index contributed by atoms with van der Waals surface area (Å²) in [5, 5.41) is 2.93. The van der Waals surface area contributed by atoms with Crippen molar-refractivity contribution in [3.05, 3.63) is 24.3 Å². The Labute approximate surface area is 144 Å². The molecule has 1 fully saturated rings. The van der Waals surface area contributed by atoms with Gasteiger partial charge < -0.3 is 19.7 Å². The molecule has 1 saturated heterocycles. The lowest BCUT2D eigenvalue weighted by atomic mass is 10.2. The fourth-order valence-corrected chi connectivity index (χ4v) is 2.73. The van der Waals surface area contributed by atoms with Crippen LogP contribution in [0.5, 0.6) is 5.75 Å². The zero-order chi connectivity index (χ0) is 17.2. The summed E-state index contributed by atoms with van der Waals surface area (Å²) < 4.78 is 11.3. The van der Waals surface area contributed by atoms with Crippen LogP contribution in [0.15, 0.2) is 24.3 Å². The lowest BCUT2D eigenvalue weighted by molar-refractivity contribution is 0.0446. The molecule has 0 saturated carbocycles. The minimum Gasteiger partial charge on any atom is -0.479 e. The second-order valence-corrected chi connectivity index (χ2v) is 5.83. The van der Waals surface area contributed by atoms with Crippen molar-refractivity contribution >= 4 is 11.7 Å². The number of carbonyl (C=O) groups excluding carboxylic acids is 1. The number of anilines is 1. The third kappa shape index (κ3) is 5.47. The van der Waals surface area contributed by atoms with E-state index in [-0.39, 0.29) is 18.7 Å². The van der Waals surface area contributed by atoms with Crippen molar-refractivity contribution in [2.24, 2.45) is 0 Å². The first-order chi connectivity index (χ1) is 11.7. The predicted octanol–water partition coefficient (Wildman–Crippen LogP) is 3.51. The molecule has 24 heavy (non-hydrogen) atoms. The van der Waals surface area contributed by atoms with Gasteiger partial charge in [0.1, 0.15) is 12.4 Å². The average molecular weight is 330 g/mol. The van der Waals surface area contributed by atoms with Crippen LogP contribution in [0.25, 0.3) is 0 Å². The normalized spacial score (nSPS) is 17.7. The Bertz CT molecular complexity index is 568. The number of nitrogens with one attached hydrogen (secondary N) is 1. The van der Waals surface area contributed by atoms with E-state index in [1.54, 1.807) is 6.07 Å². The Morgan fingerprint density at radius 3 is 3.00 bits per heavy atom. The zero-order valence-corrected chi connectivity index (χ0v) is 14.3. The number of hydrogen-bond acceptors (Lipinski definition) is 3. The average Bonchev–Trinajstić information content (AvgIpc) is 2.85. The Morgan fingerprint density at radius 1 is 1.38 bits per heavy atom. The summed E-state index contributed by atoms with van der Waals surface area (Å²) in [6.07, 6.45) is 9.35. The van der Waals surface area contributed by atoms with Crippen LogP contribution in [0, 0.1) is 12.3 Å². The maximum Gasteiger partial charge on any atom is 0.321 e. The number of terminal acetylenes is 1. The third-order valence-electron chi connectivity index (χ3n) is 3.96. The van der Waals surface area contributed by atoms with Gasteiger partial charge in [-0.1, -0.05) is 25.0 Å². The number of amides is 2. The van der Waals surface area contributed by atoms with Gasteiger partial charge in [-0.05, 0) is 37.8 Å². The molecular weight excluding hydrogens is 304 g/mol. The van der Waals surface area contributed by atoms with Gasteiger partial charge in [0, 0.05) is 19.7 Å². The molecule has 130 valence electrons. The smallest absolute Gasteiger partial charge is 0.321 e. The molecule has 1 aromatic rings. The zero-order valence-electron chi connectivity index (χ0n) is 14.3. The highest BCUT2D eigenvalue weighted by Gasteiger charge is 2.21. The minimum atomic E-state index is -0.108. The van der Waals surface area contributed by atoms with E-state index >= 15 is 0 Å². The quantitative estimate of drug-likeness (QED) is 0.812. The van der Waals surface area contributed by atoms with Crippen molar-refractivity contribution in [3.8, 4) is 18.1 Å². The maximum atomic E-state index is 12.5. The van der Waals surface area contributed by atoms with E-state index in [1.165, 1.54) is 0 Å². The summed E-state index contributed by atoms with van der Waals surface area (Å²) in [5.41, 5.74) is 0.640. The number of rotatable bonds is 6. The molecule has 1 aliphatic rings. The highest BCUT2D eigenvalue weighted by atomic mass is 16.5. The van der Waals surface area contributed by atoms with Gasteiger partial charge in [0.25, 0.3) is 0 Å². The van der Waals surface area contributed by atoms with Crippen LogP contribution in [-0.4, -0.2) is 43.3 Å². The SMILES string of the molecule is C#CCOc1ccccc1NC(=O)N1CCC[C@@H](OCCC)CC1. The second kappa shape index (κ2) is 9.84. The maximum absolute atomic E-state index is 12.5. The van der Waals surface area contributed by atoms with Crippen LogP contribution in [0.4, 0.5) is 10.5 Å². The molecule has 5 heteroatoms. The van der Waals surface area contributed by atoms with Crippen LogP contribution in [0.1, 0.15) is 32.6 Å². The summed E-state index contributed by atoms with van der Waals surface area (Å²) >= 11 is 0. The standard InChI is InChI=1S/C19H26N2O3/c1-3-14-23-16-8-7-12-21(13-11-16)19(22)20-17-9-5-6-10-18(17)24-15-4-2/h2,5-6,9-10,16H,3,7-8,11-15H2,1H3,(H,20,22)/t16-/m1/s1. The van der Waals surface area contributed by atoms with Crippen molar-refractivity contribution < 1.29 is 14.3 Å². The Balaban J connectivity index is 1.92. The lowest BCUT2D eigenvalue weighted by Gasteiger charge is -2.22. The van der Waals surface area contributed by atoms with Gasteiger partial charge in [0.05, 0.1) is 11.8 Å². The highest BCUT2D eigenvalue weighted by molar-refractivity contribution is 5.91. The van der Waals surface area contributed by atoms with Crippen molar-refractivity contribution in [3.63, 3.8) is 0 Å². The Morgan fingerprint density at radius 2 is 2.21 bits per heavy atom. The molecule has 1 atom stereocenters. The van der Waals surface area contributed by atoms with E-state index in [2.05, 4.69) is 18.2 Å². The second-order valence-electron chi connectivity index (χ2n) is 5.83. The number of nitrogens with zero attached hydrogens (tertiary/aromatic N) is 1. The minimum absolute atomic E-state index is 0.108. The highest BCUT2D eigenvalue weighted by Crippen LogP contribution is 2.24. The number of benzene rings is 1. The largest absolute Gasteiger partial charge is 0.479 e. The first-order valence-electron chi connectivity index (χ1n) is 8.57. The fourth-order valence-electron chi connectivity index (χ4n) is 2.73. The molecule has 0 aromatic heterocycles. The molecule has 2 rings (SSSR count). The third-order valence-corrected chi connectivity index (χ3v) is 3.96. The van der Waals surface area contributed by atoms with Gasteiger partial charge in [-0.15, -0.1) is 6.42 Å². The molecule has 0 unspecified atom stereocenters. The number of para-hydroxylation sites is 2. The number of ether oxygens (including phenoxy) is 2. The monoisotopic (exact) mass is 330 g/mol. The molecular formula is C19H26N2O3. The first kappa shape index (κ1) is 18.2. The van der Waals surface area contributed by atoms with Crippen LogP contribution < -0.4 is 10.1 Å². The lowest BCUT2D eigenvalue weighted by Crippen LogP contribution is -2.36. The van der Waals surface area contributed by atoms with Crippen molar-refractivity contribution in [2.75, 3.05) is 31.6 Å². The van der Waals surface area contributed by atoms with Gasteiger partial charge in [0.15, 0.2) is 0 Å². The number of urea groups is 1. The van der Waals surface area contributed by atoms with E-state index in [9.17, 15) is 4.79 Å². The van der Waals surface area contributed by atoms with Crippen LogP contribution in [0.2, 0.25) is 0 Å².